The molecule has 0 aliphatic carbocycles. The minimum Gasteiger partial charge on any atom is -0.466 e. The summed E-state index contributed by atoms with van der Waals surface area (Å²) >= 11 is 0. The van der Waals surface area contributed by atoms with Crippen molar-refractivity contribution in [3.8, 4) is 0 Å². The van der Waals surface area contributed by atoms with Crippen LogP contribution in [-0.4, -0.2) is 93.4 Å². The van der Waals surface area contributed by atoms with Crippen LogP contribution in [0.2, 0.25) is 0 Å². The van der Waals surface area contributed by atoms with Crippen molar-refractivity contribution >= 4 is 11.9 Å². The molecule has 28 heavy (non-hydrogen) atoms. The molecule has 4 unspecified atom stereocenters. The molecule has 0 saturated carbocycles. The molecule has 0 aromatic carbocycles. The first-order valence-electron chi connectivity index (χ1n) is 9.57. The van der Waals surface area contributed by atoms with Crippen LogP contribution in [0, 0.1) is 0 Å². The minimum atomic E-state index is -1.20. The van der Waals surface area contributed by atoms with E-state index in [-0.39, 0.29) is 38.9 Å². The lowest BCUT2D eigenvalue weighted by Gasteiger charge is -2.15. The van der Waals surface area contributed by atoms with Gasteiger partial charge in [0, 0.05) is 12.8 Å². The molecule has 0 rings (SSSR count). The normalized spacial score (nSPS) is 15.5. The van der Waals surface area contributed by atoms with E-state index in [1.807, 2.05) is 0 Å². The third kappa shape index (κ3) is 13.8. The molecule has 166 valence electrons. The van der Waals surface area contributed by atoms with E-state index >= 15 is 0 Å². The Morgan fingerprint density at radius 3 is 1.29 bits per heavy atom. The van der Waals surface area contributed by atoms with E-state index < -0.39 is 49.6 Å². The highest BCUT2D eigenvalue weighted by molar-refractivity contribution is 5.70. The number of unbranched alkanes of at least 4 members (excludes halogenated alkanes) is 1. The van der Waals surface area contributed by atoms with E-state index in [4.69, 9.17) is 19.7 Å². The van der Waals surface area contributed by atoms with Crippen LogP contribution in [0.3, 0.4) is 0 Å². The van der Waals surface area contributed by atoms with Crippen molar-refractivity contribution in [3.05, 3.63) is 0 Å². The Balaban J connectivity index is 3.57. The molecule has 10 heteroatoms. The molecule has 0 aromatic rings. The first-order chi connectivity index (χ1) is 13.3. The molecule has 0 radical (unpaired) electrons. The second kappa shape index (κ2) is 16.6. The SMILES string of the molecule is O=C(CCCCC(=O)OCCCC(O)C(O)CO)OCCCC(O)C(O)CO. The summed E-state index contributed by atoms with van der Waals surface area (Å²) in [5, 5.41) is 54.5. The smallest absolute Gasteiger partial charge is 0.305 e. The van der Waals surface area contributed by atoms with Gasteiger partial charge in [-0.15, -0.1) is 0 Å². The zero-order valence-corrected chi connectivity index (χ0v) is 16.1. The summed E-state index contributed by atoms with van der Waals surface area (Å²) in [5.41, 5.74) is 0. The molecule has 0 aliphatic rings. The van der Waals surface area contributed by atoms with Gasteiger partial charge in [0.2, 0.25) is 0 Å². The van der Waals surface area contributed by atoms with Crippen LogP contribution in [-0.2, 0) is 19.1 Å². The molecular weight excluding hydrogens is 376 g/mol. The standard InChI is InChI=1S/C18H34O10/c19-11-15(23)13(21)5-3-9-27-17(25)7-1-2-8-18(26)28-10-4-6-14(22)16(24)12-20/h13-16,19-24H,1-12H2. The van der Waals surface area contributed by atoms with E-state index in [2.05, 4.69) is 0 Å². The lowest BCUT2D eigenvalue weighted by molar-refractivity contribution is -0.146. The summed E-state index contributed by atoms with van der Waals surface area (Å²) in [6, 6.07) is 0. The first-order valence-corrected chi connectivity index (χ1v) is 9.57. The van der Waals surface area contributed by atoms with Crippen molar-refractivity contribution in [2.45, 2.75) is 75.8 Å². The Hall–Kier alpha value is -1.30. The van der Waals surface area contributed by atoms with Gasteiger partial charge in [-0.3, -0.25) is 9.59 Å². The minimum absolute atomic E-state index is 0.104. The number of carbonyl (C=O) groups is 2. The maximum absolute atomic E-state index is 11.5. The third-order valence-corrected chi connectivity index (χ3v) is 4.09. The maximum Gasteiger partial charge on any atom is 0.305 e. The van der Waals surface area contributed by atoms with Crippen molar-refractivity contribution in [2.75, 3.05) is 26.4 Å². The predicted molar refractivity (Wildman–Crippen MR) is 97.1 cm³/mol. The lowest BCUT2D eigenvalue weighted by Crippen LogP contribution is -2.29. The predicted octanol–water partition coefficient (Wildman–Crippen LogP) is -1.38. The van der Waals surface area contributed by atoms with Crippen LogP contribution in [0.25, 0.3) is 0 Å². The Kier molecular flexibility index (Phi) is 15.9. The van der Waals surface area contributed by atoms with Crippen LogP contribution in [0.4, 0.5) is 0 Å². The molecule has 0 heterocycles. The highest BCUT2D eigenvalue weighted by Crippen LogP contribution is 2.07. The Morgan fingerprint density at radius 2 is 0.964 bits per heavy atom. The Morgan fingerprint density at radius 1 is 0.607 bits per heavy atom. The Labute approximate surface area is 164 Å². The summed E-state index contributed by atoms with van der Waals surface area (Å²) in [6.07, 6.45) is -2.16. The number of aliphatic hydroxyl groups excluding tert-OH is 6. The van der Waals surface area contributed by atoms with Crippen LogP contribution in [0.1, 0.15) is 51.4 Å². The molecular formula is C18H34O10. The van der Waals surface area contributed by atoms with Crippen LogP contribution in [0.5, 0.6) is 0 Å². The number of carbonyl (C=O) groups excluding carboxylic acids is 2. The van der Waals surface area contributed by atoms with Gasteiger partial charge < -0.3 is 40.1 Å². The molecule has 0 spiro atoms. The van der Waals surface area contributed by atoms with E-state index in [9.17, 15) is 30.0 Å². The van der Waals surface area contributed by atoms with E-state index in [0.29, 0.717) is 25.7 Å². The molecule has 0 amide bonds. The fourth-order valence-electron chi connectivity index (χ4n) is 2.27. The summed E-state index contributed by atoms with van der Waals surface area (Å²) in [4.78, 5) is 23.0. The highest BCUT2D eigenvalue weighted by atomic mass is 16.5. The Bertz CT molecular complexity index is 379. The van der Waals surface area contributed by atoms with Gasteiger partial charge in [0.05, 0.1) is 38.6 Å². The zero-order chi connectivity index (χ0) is 21.4. The van der Waals surface area contributed by atoms with Crippen LogP contribution in [0.15, 0.2) is 0 Å². The summed E-state index contributed by atoms with van der Waals surface area (Å²) < 4.78 is 9.94. The average molecular weight is 410 g/mol. The van der Waals surface area contributed by atoms with Crippen LogP contribution >= 0.6 is 0 Å². The van der Waals surface area contributed by atoms with Crippen molar-refractivity contribution < 1.29 is 49.7 Å². The largest absolute Gasteiger partial charge is 0.466 e. The molecule has 0 bridgehead atoms. The van der Waals surface area contributed by atoms with Crippen molar-refractivity contribution in [2.24, 2.45) is 0 Å². The van der Waals surface area contributed by atoms with E-state index in [0.717, 1.165) is 0 Å². The van der Waals surface area contributed by atoms with Gasteiger partial charge in [0.25, 0.3) is 0 Å². The fraction of sp³-hybridized carbons (Fsp3) is 0.889. The van der Waals surface area contributed by atoms with E-state index in [1.54, 1.807) is 0 Å². The molecule has 0 aromatic heterocycles. The molecule has 4 atom stereocenters. The quantitative estimate of drug-likeness (QED) is 0.124. The van der Waals surface area contributed by atoms with Crippen molar-refractivity contribution in [1.82, 2.24) is 0 Å². The number of hydrogen-bond acceptors (Lipinski definition) is 10. The van der Waals surface area contributed by atoms with Crippen molar-refractivity contribution in [1.29, 1.82) is 0 Å². The van der Waals surface area contributed by atoms with Gasteiger partial charge in [-0.05, 0) is 38.5 Å². The second-order valence-corrected chi connectivity index (χ2v) is 6.57. The molecule has 0 aliphatic heterocycles. The first kappa shape index (κ1) is 26.7. The summed E-state index contributed by atoms with van der Waals surface area (Å²) in [5.74, 6) is -0.830. The van der Waals surface area contributed by atoms with E-state index in [1.165, 1.54) is 0 Å². The highest BCUT2D eigenvalue weighted by Gasteiger charge is 2.15. The molecule has 0 fully saturated rings. The number of ether oxygens (including phenoxy) is 2. The molecule has 6 N–H and O–H groups in total. The summed E-state index contributed by atoms with van der Waals surface area (Å²) in [6.45, 7) is -0.851. The topological polar surface area (TPSA) is 174 Å². The lowest BCUT2D eigenvalue weighted by atomic mass is 10.1. The molecule has 0 saturated heterocycles. The fourth-order valence-corrected chi connectivity index (χ4v) is 2.27. The number of aliphatic hydroxyl groups is 6. The van der Waals surface area contributed by atoms with Crippen molar-refractivity contribution in [3.63, 3.8) is 0 Å². The molecule has 10 nitrogen and oxygen atoms in total. The number of esters is 2. The van der Waals surface area contributed by atoms with Gasteiger partial charge in [0.1, 0.15) is 12.2 Å². The second-order valence-electron chi connectivity index (χ2n) is 6.57. The van der Waals surface area contributed by atoms with Gasteiger partial charge in [0.15, 0.2) is 0 Å². The van der Waals surface area contributed by atoms with Gasteiger partial charge in [-0.2, -0.15) is 0 Å². The van der Waals surface area contributed by atoms with Gasteiger partial charge in [-0.25, -0.2) is 0 Å². The maximum atomic E-state index is 11.5. The van der Waals surface area contributed by atoms with Gasteiger partial charge in [-0.1, -0.05) is 0 Å². The number of rotatable bonds is 17. The zero-order valence-electron chi connectivity index (χ0n) is 16.1. The third-order valence-electron chi connectivity index (χ3n) is 4.09. The van der Waals surface area contributed by atoms with Gasteiger partial charge >= 0.3 is 11.9 Å². The monoisotopic (exact) mass is 410 g/mol. The average Bonchev–Trinajstić information content (AvgIpc) is 2.69. The van der Waals surface area contributed by atoms with Crippen LogP contribution < -0.4 is 0 Å². The summed E-state index contributed by atoms with van der Waals surface area (Å²) in [7, 11) is 0. The number of hydrogen-bond donors (Lipinski definition) is 6.